The maximum atomic E-state index is 7.11. The molecule has 0 bridgehead atoms. The number of pyridine rings is 2. The van der Waals surface area contributed by atoms with Crippen molar-refractivity contribution in [2.24, 2.45) is 0 Å². The van der Waals surface area contributed by atoms with Crippen LogP contribution in [0.2, 0.25) is 0 Å². The van der Waals surface area contributed by atoms with Gasteiger partial charge in [0, 0.05) is 81.8 Å². The highest BCUT2D eigenvalue weighted by Gasteiger charge is 2.25. The Bertz CT molecular complexity index is 6330. The van der Waals surface area contributed by atoms with Gasteiger partial charge in [-0.15, -0.1) is 0 Å². The number of para-hydroxylation sites is 6. The molecule has 0 unspecified atom stereocenters. The fourth-order valence-electron chi connectivity index (χ4n) is 14.4. The van der Waals surface area contributed by atoms with Crippen molar-refractivity contribution in [2.45, 2.75) is 0 Å². The highest BCUT2D eigenvalue weighted by Crippen LogP contribution is 2.48. The van der Waals surface area contributed by atoms with Crippen molar-refractivity contribution >= 4 is 153 Å². The smallest absolute Gasteiger partial charge is 0.162 e. The minimum atomic E-state index is 0.784. The summed E-state index contributed by atoms with van der Waals surface area (Å²) in [6.07, 6.45) is 0. The molecule has 8 nitrogen and oxygen atoms in total. The fraction of sp³-hybridized carbons (Fsp3) is 0. The first-order valence-electron chi connectivity index (χ1n) is 29.0. The van der Waals surface area contributed by atoms with Gasteiger partial charge in [0.2, 0.25) is 0 Å². The molecule has 0 fully saturated rings. The second kappa shape index (κ2) is 16.9. The fourth-order valence-corrected chi connectivity index (χ4v) is 14.4. The van der Waals surface area contributed by atoms with Gasteiger partial charge >= 0.3 is 0 Å². The molecule has 0 aliphatic rings. The molecule has 0 aliphatic heterocycles. The lowest BCUT2D eigenvalue weighted by Gasteiger charge is -2.12. The van der Waals surface area contributed by atoms with Crippen LogP contribution in [-0.4, -0.2) is 19.1 Å². The molecule has 0 saturated heterocycles. The van der Waals surface area contributed by atoms with Crippen LogP contribution in [0.25, 0.3) is 198 Å². The first-order chi connectivity index (χ1) is 42.6. The third kappa shape index (κ3) is 6.20. The summed E-state index contributed by atoms with van der Waals surface area (Å²) in [6.45, 7) is 0. The van der Waals surface area contributed by atoms with Crippen LogP contribution in [0.5, 0.6) is 0 Å². The van der Waals surface area contributed by atoms with E-state index < -0.39 is 0 Å². The molecule has 0 aliphatic carbocycles. The Balaban J connectivity index is 0.746. The Kier molecular flexibility index (Phi) is 9.03. The number of aromatic nitrogens is 4. The summed E-state index contributed by atoms with van der Waals surface area (Å²) in [6, 6.07) is 90.1. The van der Waals surface area contributed by atoms with Gasteiger partial charge in [0.05, 0.1) is 38.5 Å². The molecule has 20 aromatic rings. The number of rotatable bonds is 5. The van der Waals surface area contributed by atoms with E-state index in [1.54, 1.807) is 0 Å². The van der Waals surface area contributed by atoms with Crippen LogP contribution in [0.4, 0.5) is 0 Å². The van der Waals surface area contributed by atoms with E-state index in [0.29, 0.717) is 0 Å². The van der Waals surface area contributed by atoms with Gasteiger partial charge in [0.1, 0.15) is 38.9 Å². The summed E-state index contributed by atoms with van der Waals surface area (Å²) in [5.41, 5.74) is 22.9. The van der Waals surface area contributed by atoms with Crippen molar-refractivity contribution in [1.29, 1.82) is 0 Å². The van der Waals surface area contributed by atoms with Gasteiger partial charge in [-0.05, 0) is 131 Å². The van der Waals surface area contributed by atoms with E-state index in [-0.39, 0.29) is 0 Å². The van der Waals surface area contributed by atoms with E-state index in [9.17, 15) is 0 Å². The van der Waals surface area contributed by atoms with Crippen molar-refractivity contribution in [3.05, 3.63) is 255 Å². The summed E-state index contributed by atoms with van der Waals surface area (Å²) in [5, 5.41) is 12.8. The van der Waals surface area contributed by atoms with Gasteiger partial charge in [0.15, 0.2) is 16.7 Å². The van der Waals surface area contributed by atoms with Crippen LogP contribution in [0, 0.1) is 0 Å². The number of hydrogen-bond acceptors (Lipinski definition) is 6. The van der Waals surface area contributed by atoms with Crippen molar-refractivity contribution < 1.29 is 17.7 Å². The van der Waals surface area contributed by atoms with Gasteiger partial charge in [-0.3, -0.25) is 0 Å². The molecule has 0 saturated carbocycles. The highest BCUT2D eigenvalue weighted by molar-refractivity contribution is 6.27. The zero-order valence-electron chi connectivity index (χ0n) is 45.7. The van der Waals surface area contributed by atoms with Gasteiger partial charge in [-0.1, -0.05) is 146 Å². The van der Waals surface area contributed by atoms with E-state index in [2.05, 4.69) is 209 Å². The molecule has 0 atom stereocenters. The second-order valence-corrected chi connectivity index (χ2v) is 22.6. The van der Waals surface area contributed by atoms with Gasteiger partial charge < -0.3 is 26.8 Å². The zero-order valence-corrected chi connectivity index (χ0v) is 45.7. The Hall–Kier alpha value is -11.7. The molecule has 8 heteroatoms. The van der Waals surface area contributed by atoms with Crippen molar-refractivity contribution in [2.75, 3.05) is 0 Å². The van der Waals surface area contributed by atoms with Gasteiger partial charge in [-0.25, -0.2) is 9.97 Å². The van der Waals surface area contributed by atoms with E-state index in [1.807, 2.05) is 54.6 Å². The first-order valence-corrected chi connectivity index (χ1v) is 29.0. The quantitative estimate of drug-likeness (QED) is 0.171. The molecular formula is C78H42N4O4. The van der Waals surface area contributed by atoms with Crippen molar-refractivity contribution in [1.82, 2.24) is 19.1 Å². The van der Waals surface area contributed by atoms with Crippen LogP contribution in [0.1, 0.15) is 0 Å². The van der Waals surface area contributed by atoms with E-state index in [4.69, 9.17) is 27.6 Å². The minimum absolute atomic E-state index is 0.784. The number of furan rings is 4. The Labute approximate surface area is 487 Å². The largest absolute Gasteiger partial charge is 0.455 e. The van der Waals surface area contributed by atoms with Gasteiger partial charge in [-0.2, -0.15) is 0 Å². The summed E-state index contributed by atoms with van der Waals surface area (Å²) >= 11 is 0. The normalized spacial score (nSPS) is 12.4. The Morgan fingerprint density at radius 2 is 0.744 bits per heavy atom. The summed E-state index contributed by atoms with van der Waals surface area (Å²) in [7, 11) is 0. The monoisotopic (exact) mass is 1100 g/mol. The summed E-state index contributed by atoms with van der Waals surface area (Å²) < 4.78 is 32.0. The average Bonchev–Trinajstić information content (AvgIpc) is 1.66. The molecule has 0 spiro atoms. The van der Waals surface area contributed by atoms with E-state index >= 15 is 0 Å². The predicted octanol–water partition coefficient (Wildman–Crippen LogP) is 21.6. The molecule has 0 N–H and O–H groups in total. The van der Waals surface area contributed by atoms with Crippen molar-refractivity contribution in [3.8, 4) is 44.8 Å². The number of fused-ring (bicyclic) bond motifs is 22. The Morgan fingerprint density at radius 1 is 0.267 bits per heavy atom. The van der Waals surface area contributed by atoms with Crippen molar-refractivity contribution in [3.63, 3.8) is 0 Å². The standard InChI is InChI=1S/C78H42N4O4/c1-7-21-59-52(15-1)68(77-72(79-59)55-18-5-11-25-65(55)84-77)43-28-33-46(34-29-43)81-61-23-9-3-17-54(61)71-63(81)41-39-57-70-48(20-13-27-67(70)86-75(57)71)45-32-40-62-58(42-45)50-37-38-51-49-14-4-10-24-64(49)83-76(51)74(50)82(62)47-35-30-44(31-36-47)69-53-16-2-8-22-60(53)80-73-56-19-6-12-26-66(56)85-78(69)73/h1-42H. The lowest BCUT2D eigenvalue weighted by Crippen LogP contribution is -1.95. The molecule has 0 radical (unpaired) electrons. The minimum Gasteiger partial charge on any atom is -0.455 e. The molecule has 398 valence electrons. The highest BCUT2D eigenvalue weighted by atomic mass is 16.3. The Morgan fingerprint density at radius 3 is 1.41 bits per heavy atom. The SMILES string of the molecule is c1ccc2c(-c3ccc(-n4c5ccccc5c5c6oc7cccc(-c8ccc9c(c8)c8ccc%10c%11ccccc%11oc%10c8n9-c8ccc(-c9c%10ccccc%10nc%10c9oc9ccccc9%10)cc8)c7c6ccc54)cc3)c3oc4ccccc4c3nc2c1. The molecule has 86 heavy (non-hydrogen) atoms. The first kappa shape index (κ1) is 45.8. The number of hydrogen-bond donors (Lipinski definition) is 0. The van der Waals surface area contributed by atoms with Crippen LogP contribution >= 0.6 is 0 Å². The topological polar surface area (TPSA) is 88.2 Å². The molecule has 8 heterocycles. The summed E-state index contributed by atoms with van der Waals surface area (Å²) in [4.78, 5) is 10.2. The second-order valence-electron chi connectivity index (χ2n) is 22.6. The summed E-state index contributed by atoms with van der Waals surface area (Å²) in [5.74, 6) is 0. The molecule has 8 aromatic heterocycles. The van der Waals surface area contributed by atoms with E-state index in [0.717, 1.165) is 198 Å². The number of benzene rings is 12. The zero-order chi connectivity index (χ0) is 55.9. The van der Waals surface area contributed by atoms with Crippen LogP contribution < -0.4 is 0 Å². The van der Waals surface area contributed by atoms with Crippen LogP contribution in [-0.2, 0) is 0 Å². The van der Waals surface area contributed by atoms with Crippen LogP contribution in [0.3, 0.4) is 0 Å². The van der Waals surface area contributed by atoms with Gasteiger partial charge in [0.25, 0.3) is 0 Å². The van der Waals surface area contributed by atoms with Crippen LogP contribution in [0.15, 0.2) is 272 Å². The number of nitrogens with zero attached hydrogens (tertiary/aromatic N) is 4. The third-order valence-electron chi connectivity index (χ3n) is 18.1. The maximum Gasteiger partial charge on any atom is 0.162 e. The molecule has 20 rings (SSSR count). The molecule has 0 amide bonds. The molecular weight excluding hydrogens is 1060 g/mol. The van der Waals surface area contributed by atoms with E-state index in [1.165, 1.54) is 0 Å². The lowest BCUT2D eigenvalue weighted by atomic mass is 9.97. The third-order valence-corrected chi connectivity index (χ3v) is 18.1. The predicted molar refractivity (Wildman–Crippen MR) is 351 cm³/mol. The average molecular weight is 1100 g/mol. The maximum absolute atomic E-state index is 7.11. The molecule has 12 aromatic carbocycles. The lowest BCUT2D eigenvalue weighted by molar-refractivity contribution is 0.669.